The van der Waals surface area contributed by atoms with Crippen LogP contribution in [0.5, 0.6) is 5.75 Å². The fourth-order valence-electron chi connectivity index (χ4n) is 2.54. The van der Waals surface area contributed by atoms with E-state index in [-0.39, 0.29) is 0 Å². The fraction of sp³-hybridized carbons (Fsp3) is 0.176. The summed E-state index contributed by atoms with van der Waals surface area (Å²) in [5, 5.41) is 7.98. The maximum absolute atomic E-state index is 5.29. The molecule has 0 aromatic heterocycles. The van der Waals surface area contributed by atoms with Gasteiger partial charge in [0.2, 0.25) is 0 Å². The first-order valence-electron chi connectivity index (χ1n) is 7.13. The van der Waals surface area contributed by atoms with E-state index in [0.29, 0.717) is 5.11 Å². The molecule has 1 aliphatic carbocycles. The molecular weight excluding hydrogens is 294 g/mol. The number of nitrogens with zero attached hydrogens (tertiary/aromatic N) is 1. The summed E-state index contributed by atoms with van der Waals surface area (Å²) in [4.78, 5) is 0. The van der Waals surface area contributed by atoms with Gasteiger partial charge in [-0.05, 0) is 42.8 Å². The lowest BCUT2D eigenvalue weighted by molar-refractivity contribution is 0.417. The maximum Gasteiger partial charge on any atom is 0.191 e. The first kappa shape index (κ1) is 14.5. The molecule has 112 valence electrons. The van der Waals surface area contributed by atoms with Crippen LogP contribution < -0.4 is 15.5 Å². The molecule has 0 spiro atoms. The molecule has 4 nitrogen and oxygen atoms in total. The van der Waals surface area contributed by atoms with E-state index in [1.807, 2.05) is 30.3 Å². The lowest BCUT2D eigenvalue weighted by atomic mass is 10.1. The van der Waals surface area contributed by atoms with Crippen LogP contribution >= 0.6 is 12.2 Å². The van der Waals surface area contributed by atoms with Crippen LogP contribution in [0.25, 0.3) is 0 Å². The molecule has 0 radical (unpaired) electrons. The van der Waals surface area contributed by atoms with Crippen molar-refractivity contribution in [3.8, 4) is 5.75 Å². The first-order valence-corrected chi connectivity index (χ1v) is 7.53. The summed E-state index contributed by atoms with van der Waals surface area (Å²) < 4.78 is 5.28. The molecule has 0 atom stereocenters. The van der Waals surface area contributed by atoms with E-state index in [1.54, 1.807) is 7.11 Å². The van der Waals surface area contributed by atoms with E-state index in [1.165, 1.54) is 11.1 Å². The Labute approximate surface area is 135 Å². The number of aryl methyl sites for hydroxylation is 1. The zero-order chi connectivity index (χ0) is 15.4. The van der Waals surface area contributed by atoms with Gasteiger partial charge in [-0.2, -0.15) is 5.10 Å². The number of methoxy groups -OCH3 is 1. The summed E-state index contributed by atoms with van der Waals surface area (Å²) >= 11 is 5.29. The molecule has 1 aliphatic rings. The van der Waals surface area contributed by atoms with Gasteiger partial charge in [0.1, 0.15) is 5.75 Å². The zero-order valence-electron chi connectivity index (χ0n) is 12.3. The van der Waals surface area contributed by atoms with Gasteiger partial charge in [0.25, 0.3) is 0 Å². The Morgan fingerprint density at radius 3 is 2.73 bits per heavy atom. The van der Waals surface area contributed by atoms with Gasteiger partial charge in [-0.25, -0.2) is 0 Å². The Kier molecular flexibility index (Phi) is 4.34. The van der Waals surface area contributed by atoms with Crippen LogP contribution in [0, 0.1) is 0 Å². The van der Waals surface area contributed by atoms with Gasteiger partial charge in [-0.1, -0.05) is 36.4 Å². The number of benzene rings is 2. The lowest BCUT2D eigenvalue weighted by Gasteiger charge is -2.11. The summed E-state index contributed by atoms with van der Waals surface area (Å²) in [5.41, 5.74) is 7.32. The fourth-order valence-corrected chi connectivity index (χ4v) is 2.70. The van der Waals surface area contributed by atoms with Crippen molar-refractivity contribution < 1.29 is 4.74 Å². The van der Waals surface area contributed by atoms with Crippen molar-refractivity contribution in [2.24, 2.45) is 5.10 Å². The van der Waals surface area contributed by atoms with Crippen molar-refractivity contribution in [2.45, 2.75) is 12.8 Å². The molecular formula is C17H17N3OS. The summed E-state index contributed by atoms with van der Waals surface area (Å²) in [7, 11) is 1.63. The topological polar surface area (TPSA) is 45.6 Å². The van der Waals surface area contributed by atoms with Crippen molar-refractivity contribution in [3.63, 3.8) is 0 Å². The molecule has 0 bridgehead atoms. The van der Waals surface area contributed by atoms with Crippen molar-refractivity contribution in [3.05, 3.63) is 59.7 Å². The summed E-state index contributed by atoms with van der Waals surface area (Å²) in [6, 6.07) is 16.0. The lowest BCUT2D eigenvalue weighted by Crippen LogP contribution is -2.25. The van der Waals surface area contributed by atoms with E-state index in [0.717, 1.165) is 30.0 Å². The standard InChI is InChI=1S/C17H17N3OS/c1-21-16-9-5-4-8-15(16)18-17(22)20-19-14-11-10-12-6-2-3-7-13(12)14/h2-9H,10-11H2,1H3,(H2,18,20,22)/b19-14-. The number of rotatable bonds is 3. The maximum atomic E-state index is 5.29. The van der Waals surface area contributed by atoms with Crippen LogP contribution in [0.3, 0.4) is 0 Å². The summed E-state index contributed by atoms with van der Waals surface area (Å²) in [6.07, 6.45) is 1.97. The number of fused-ring (bicyclic) bond motifs is 1. The van der Waals surface area contributed by atoms with E-state index >= 15 is 0 Å². The van der Waals surface area contributed by atoms with E-state index < -0.39 is 0 Å². The Hall–Kier alpha value is -2.40. The number of ether oxygens (including phenoxy) is 1. The highest BCUT2D eigenvalue weighted by Gasteiger charge is 2.16. The molecule has 0 unspecified atom stereocenters. The van der Waals surface area contributed by atoms with Gasteiger partial charge < -0.3 is 10.1 Å². The molecule has 0 aliphatic heterocycles. The Bertz CT molecular complexity index is 727. The van der Waals surface area contributed by atoms with Crippen LogP contribution in [-0.4, -0.2) is 17.9 Å². The highest BCUT2D eigenvalue weighted by atomic mass is 32.1. The number of hydrogen-bond donors (Lipinski definition) is 2. The smallest absolute Gasteiger partial charge is 0.191 e. The first-order chi connectivity index (χ1) is 10.8. The molecule has 0 saturated heterocycles. The number of thiocarbonyl (C=S) groups is 1. The monoisotopic (exact) mass is 311 g/mol. The third kappa shape index (κ3) is 3.09. The van der Waals surface area contributed by atoms with Crippen LogP contribution in [0.15, 0.2) is 53.6 Å². The van der Waals surface area contributed by atoms with E-state index in [2.05, 4.69) is 34.0 Å². The second kappa shape index (κ2) is 6.58. The van der Waals surface area contributed by atoms with Crippen molar-refractivity contribution >= 4 is 28.7 Å². The van der Waals surface area contributed by atoms with Crippen molar-refractivity contribution in [1.29, 1.82) is 0 Å². The second-order valence-electron chi connectivity index (χ2n) is 4.98. The van der Waals surface area contributed by atoms with Crippen LogP contribution in [-0.2, 0) is 6.42 Å². The molecule has 2 aromatic carbocycles. The van der Waals surface area contributed by atoms with Gasteiger partial charge >= 0.3 is 0 Å². The normalized spacial score (nSPS) is 14.5. The number of para-hydroxylation sites is 2. The number of anilines is 1. The number of hydrazone groups is 1. The van der Waals surface area contributed by atoms with E-state index in [9.17, 15) is 0 Å². The zero-order valence-corrected chi connectivity index (χ0v) is 13.1. The summed E-state index contributed by atoms with van der Waals surface area (Å²) in [6.45, 7) is 0. The Balaban J connectivity index is 1.67. The van der Waals surface area contributed by atoms with Crippen LogP contribution in [0.2, 0.25) is 0 Å². The molecule has 3 rings (SSSR count). The molecule has 5 heteroatoms. The minimum atomic E-state index is 0.446. The van der Waals surface area contributed by atoms with Gasteiger partial charge in [-0.3, -0.25) is 5.43 Å². The minimum absolute atomic E-state index is 0.446. The number of hydrogen-bond acceptors (Lipinski definition) is 3. The third-order valence-electron chi connectivity index (χ3n) is 3.61. The quantitative estimate of drug-likeness (QED) is 0.674. The predicted molar refractivity (Wildman–Crippen MR) is 93.7 cm³/mol. The molecule has 2 N–H and O–H groups in total. The third-order valence-corrected chi connectivity index (χ3v) is 3.80. The molecule has 0 saturated carbocycles. The highest BCUT2D eigenvalue weighted by molar-refractivity contribution is 7.80. The molecule has 2 aromatic rings. The SMILES string of the molecule is COc1ccccc1NC(=S)N/N=C1/CCc2ccccc21. The van der Waals surface area contributed by atoms with Gasteiger partial charge in [0.05, 0.1) is 18.5 Å². The van der Waals surface area contributed by atoms with Gasteiger partial charge in [0.15, 0.2) is 5.11 Å². The molecule has 0 heterocycles. The average Bonchev–Trinajstić information content (AvgIpc) is 2.97. The highest BCUT2D eigenvalue weighted by Crippen LogP contribution is 2.23. The van der Waals surface area contributed by atoms with Gasteiger partial charge in [-0.15, -0.1) is 0 Å². The molecule has 22 heavy (non-hydrogen) atoms. The van der Waals surface area contributed by atoms with E-state index in [4.69, 9.17) is 17.0 Å². The summed E-state index contributed by atoms with van der Waals surface area (Å²) in [5.74, 6) is 0.741. The Morgan fingerprint density at radius 1 is 1.09 bits per heavy atom. The number of nitrogens with one attached hydrogen (secondary N) is 2. The largest absolute Gasteiger partial charge is 0.495 e. The minimum Gasteiger partial charge on any atom is -0.495 e. The van der Waals surface area contributed by atoms with Crippen LogP contribution in [0.1, 0.15) is 17.5 Å². The van der Waals surface area contributed by atoms with Crippen LogP contribution in [0.4, 0.5) is 5.69 Å². The van der Waals surface area contributed by atoms with Crippen molar-refractivity contribution in [1.82, 2.24) is 5.43 Å². The van der Waals surface area contributed by atoms with Gasteiger partial charge in [0, 0.05) is 5.56 Å². The van der Waals surface area contributed by atoms with Crippen molar-refractivity contribution in [2.75, 3.05) is 12.4 Å². The predicted octanol–water partition coefficient (Wildman–Crippen LogP) is 3.33. The Morgan fingerprint density at radius 2 is 1.86 bits per heavy atom. The average molecular weight is 311 g/mol. The second-order valence-corrected chi connectivity index (χ2v) is 5.39. The molecule has 0 fully saturated rings. The molecule has 0 amide bonds.